The van der Waals surface area contributed by atoms with Crippen LogP contribution in [-0.4, -0.2) is 17.8 Å². The van der Waals surface area contributed by atoms with Gasteiger partial charge in [0.1, 0.15) is 0 Å². The summed E-state index contributed by atoms with van der Waals surface area (Å²) in [5, 5.41) is 9.14. The van der Waals surface area contributed by atoms with Gasteiger partial charge in [0, 0.05) is 12.6 Å². The van der Waals surface area contributed by atoms with E-state index in [0.29, 0.717) is 0 Å². The largest absolute Gasteiger partial charge is 0.396 e. The van der Waals surface area contributed by atoms with E-state index in [0.717, 1.165) is 12.3 Å². The highest BCUT2D eigenvalue weighted by atomic mass is 16.3. The van der Waals surface area contributed by atoms with Gasteiger partial charge in [0.2, 0.25) is 0 Å². The molecule has 1 aliphatic rings. The molecule has 1 aliphatic carbocycles. The number of aliphatic hydroxyl groups is 1. The molecule has 0 heterocycles. The molecule has 0 amide bonds. The average Bonchev–Trinajstić information content (AvgIpc) is 2.18. The Morgan fingerprint density at radius 1 is 1.57 bits per heavy atom. The summed E-state index contributed by atoms with van der Waals surface area (Å²) in [6, 6.07) is 0.226. The Hall–Kier alpha value is -0.0800. The quantitative estimate of drug-likeness (QED) is 0.730. The predicted octanol–water partition coefficient (Wildman–Crippen LogP) is 2.30. The Morgan fingerprint density at radius 3 is 2.79 bits per heavy atom. The fraction of sp³-hybridized carbons (Fsp3) is 1.00. The van der Waals surface area contributed by atoms with E-state index < -0.39 is 0 Å². The van der Waals surface area contributed by atoms with Crippen LogP contribution < -0.4 is 5.73 Å². The zero-order valence-electron chi connectivity index (χ0n) is 9.63. The van der Waals surface area contributed by atoms with E-state index in [4.69, 9.17) is 10.8 Å². The van der Waals surface area contributed by atoms with Crippen molar-refractivity contribution in [1.82, 2.24) is 0 Å². The number of hydrogen-bond donors (Lipinski definition) is 2. The Labute approximate surface area is 87.9 Å². The van der Waals surface area contributed by atoms with Crippen LogP contribution in [0.5, 0.6) is 0 Å². The molecule has 3 unspecified atom stereocenters. The maximum absolute atomic E-state index is 9.14. The molecule has 1 saturated carbocycles. The molecule has 3 atom stereocenters. The van der Waals surface area contributed by atoms with Crippen molar-refractivity contribution >= 4 is 0 Å². The molecule has 1 rings (SSSR count). The van der Waals surface area contributed by atoms with Crippen molar-refractivity contribution in [2.45, 2.75) is 58.4 Å². The van der Waals surface area contributed by atoms with Crippen molar-refractivity contribution in [2.75, 3.05) is 6.61 Å². The topological polar surface area (TPSA) is 46.2 Å². The lowest BCUT2D eigenvalue weighted by Crippen LogP contribution is -2.43. The standard InChI is InChI=1S/C12H25NO/c1-3-11-5-4-6-12(9-11,7-8-14)10(2)13/h10-11,14H,3-9,13H2,1-2H3. The molecule has 0 aromatic heterocycles. The van der Waals surface area contributed by atoms with Crippen LogP contribution in [-0.2, 0) is 0 Å². The van der Waals surface area contributed by atoms with Crippen molar-refractivity contribution < 1.29 is 5.11 Å². The second-order valence-corrected chi connectivity index (χ2v) is 5.00. The molecular weight excluding hydrogens is 174 g/mol. The molecule has 0 aromatic carbocycles. The lowest BCUT2D eigenvalue weighted by molar-refractivity contribution is 0.0731. The van der Waals surface area contributed by atoms with Crippen molar-refractivity contribution in [2.24, 2.45) is 17.1 Å². The monoisotopic (exact) mass is 199 g/mol. The van der Waals surface area contributed by atoms with Crippen LogP contribution in [0.15, 0.2) is 0 Å². The number of nitrogens with two attached hydrogens (primary N) is 1. The minimum Gasteiger partial charge on any atom is -0.396 e. The molecule has 0 bridgehead atoms. The fourth-order valence-corrected chi connectivity index (χ4v) is 2.96. The molecule has 84 valence electrons. The first-order valence-corrected chi connectivity index (χ1v) is 6.01. The van der Waals surface area contributed by atoms with Crippen LogP contribution in [0.2, 0.25) is 0 Å². The van der Waals surface area contributed by atoms with Crippen molar-refractivity contribution in [3.8, 4) is 0 Å². The molecule has 3 N–H and O–H groups in total. The third-order valence-corrected chi connectivity index (χ3v) is 4.14. The van der Waals surface area contributed by atoms with Gasteiger partial charge in [0.15, 0.2) is 0 Å². The summed E-state index contributed by atoms with van der Waals surface area (Å²) in [5.41, 5.74) is 6.32. The molecule has 0 radical (unpaired) electrons. The summed E-state index contributed by atoms with van der Waals surface area (Å²) in [4.78, 5) is 0. The first-order chi connectivity index (χ1) is 6.64. The van der Waals surface area contributed by atoms with Crippen LogP contribution in [0, 0.1) is 11.3 Å². The summed E-state index contributed by atoms with van der Waals surface area (Å²) in [6.07, 6.45) is 7.24. The van der Waals surface area contributed by atoms with Crippen LogP contribution in [0.1, 0.15) is 52.4 Å². The molecule has 0 saturated heterocycles. The zero-order valence-corrected chi connectivity index (χ0v) is 9.63. The van der Waals surface area contributed by atoms with Crippen LogP contribution in [0.4, 0.5) is 0 Å². The molecule has 0 aliphatic heterocycles. The number of hydrogen-bond acceptors (Lipinski definition) is 2. The van der Waals surface area contributed by atoms with Gasteiger partial charge in [-0.3, -0.25) is 0 Å². The van der Waals surface area contributed by atoms with Crippen LogP contribution in [0.3, 0.4) is 0 Å². The first-order valence-electron chi connectivity index (χ1n) is 6.01. The van der Waals surface area contributed by atoms with Gasteiger partial charge in [-0.15, -0.1) is 0 Å². The second kappa shape index (κ2) is 5.13. The second-order valence-electron chi connectivity index (χ2n) is 5.00. The lowest BCUT2D eigenvalue weighted by Gasteiger charge is -2.43. The van der Waals surface area contributed by atoms with E-state index in [1.165, 1.54) is 32.1 Å². The van der Waals surface area contributed by atoms with E-state index in [1.54, 1.807) is 0 Å². The van der Waals surface area contributed by atoms with Crippen LogP contribution >= 0.6 is 0 Å². The van der Waals surface area contributed by atoms with Gasteiger partial charge in [-0.1, -0.05) is 26.2 Å². The molecule has 0 spiro atoms. The Morgan fingerprint density at radius 2 is 2.29 bits per heavy atom. The summed E-state index contributed by atoms with van der Waals surface area (Å²) in [7, 11) is 0. The molecule has 0 aromatic rings. The maximum Gasteiger partial charge on any atom is 0.0436 e. The molecule has 2 heteroatoms. The van der Waals surface area contributed by atoms with Gasteiger partial charge >= 0.3 is 0 Å². The Kier molecular flexibility index (Phi) is 4.39. The van der Waals surface area contributed by atoms with E-state index in [-0.39, 0.29) is 18.1 Å². The third-order valence-electron chi connectivity index (χ3n) is 4.14. The SMILES string of the molecule is CCC1CCCC(CCO)(C(C)N)C1. The van der Waals surface area contributed by atoms with Gasteiger partial charge in [-0.25, -0.2) is 0 Å². The van der Waals surface area contributed by atoms with Gasteiger partial charge in [-0.05, 0) is 37.5 Å². The van der Waals surface area contributed by atoms with Crippen molar-refractivity contribution in [1.29, 1.82) is 0 Å². The summed E-state index contributed by atoms with van der Waals surface area (Å²) >= 11 is 0. The minimum atomic E-state index is 0.226. The molecule has 1 fully saturated rings. The normalized spacial score (nSPS) is 35.6. The van der Waals surface area contributed by atoms with Crippen LogP contribution in [0.25, 0.3) is 0 Å². The molecule has 2 nitrogen and oxygen atoms in total. The molecular formula is C12H25NO. The smallest absolute Gasteiger partial charge is 0.0436 e. The zero-order chi connectivity index (χ0) is 10.6. The predicted molar refractivity (Wildman–Crippen MR) is 60.0 cm³/mol. The Bertz CT molecular complexity index is 166. The minimum absolute atomic E-state index is 0.226. The van der Waals surface area contributed by atoms with Gasteiger partial charge in [0.25, 0.3) is 0 Å². The highest BCUT2D eigenvalue weighted by Gasteiger charge is 2.38. The fourth-order valence-electron chi connectivity index (χ4n) is 2.96. The van der Waals surface area contributed by atoms with E-state index in [9.17, 15) is 0 Å². The van der Waals surface area contributed by atoms with Crippen molar-refractivity contribution in [3.63, 3.8) is 0 Å². The lowest BCUT2D eigenvalue weighted by atomic mass is 9.64. The summed E-state index contributed by atoms with van der Waals surface area (Å²) in [6.45, 7) is 4.66. The van der Waals surface area contributed by atoms with E-state index >= 15 is 0 Å². The van der Waals surface area contributed by atoms with Crippen molar-refractivity contribution in [3.05, 3.63) is 0 Å². The molecule has 14 heavy (non-hydrogen) atoms. The first kappa shape index (κ1) is 12.0. The van der Waals surface area contributed by atoms with Gasteiger partial charge in [-0.2, -0.15) is 0 Å². The maximum atomic E-state index is 9.14. The average molecular weight is 199 g/mol. The van der Waals surface area contributed by atoms with Gasteiger partial charge in [0.05, 0.1) is 0 Å². The summed E-state index contributed by atoms with van der Waals surface area (Å²) < 4.78 is 0. The van der Waals surface area contributed by atoms with E-state index in [2.05, 4.69) is 13.8 Å². The highest BCUT2D eigenvalue weighted by molar-refractivity contribution is 4.91. The highest BCUT2D eigenvalue weighted by Crippen LogP contribution is 2.44. The summed E-state index contributed by atoms with van der Waals surface area (Å²) in [5.74, 6) is 0.835. The number of rotatable bonds is 4. The Balaban J connectivity index is 2.65. The number of aliphatic hydroxyl groups excluding tert-OH is 1. The third kappa shape index (κ3) is 2.48. The van der Waals surface area contributed by atoms with Gasteiger partial charge < -0.3 is 10.8 Å². The van der Waals surface area contributed by atoms with E-state index in [1.807, 2.05) is 0 Å².